The summed E-state index contributed by atoms with van der Waals surface area (Å²) in [5.74, 6) is -1.78. The van der Waals surface area contributed by atoms with E-state index in [0.29, 0.717) is 17.0 Å². The number of halogens is 4. The highest BCUT2D eigenvalue weighted by atomic mass is 35.5. The number of fused-ring (bicyclic) bond motifs is 5. The third-order valence-corrected chi connectivity index (χ3v) is 6.63. The van der Waals surface area contributed by atoms with Crippen molar-refractivity contribution in [2.75, 3.05) is 0 Å². The number of rotatable bonds is 3. The summed E-state index contributed by atoms with van der Waals surface area (Å²) < 4.78 is 41.9. The number of aromatic nitrogens is 2. The standard InChI is InChI=1S/C23H16ClF3N2O3/c24-16-3-1-2-15(23(25,26)27)18(16)21(30)29-20-14-9-8-13(10-14)17(20)19(28-29)11-4-6-12(7-5-11)22(31)32/h1-7,13-14H,8-10H2,(H,31,32). The van der Waals surface area contributed by atoms with Crippen molar-refractivity contribution in [3.63, 3.8) is 0 Å². The molecule has 0 radical (unpaired) electrons. The van der Waals surface area contributed by atoms with Crippen LogP contribution in [0.4, 0.5) is 13.2 Å². The lowest BCUT2D eigenvalue weighted by Gasteiger charge is -2.16. The molecule has 1 aromatic heterocycles. The van der Waals surface area contributed by atoms with Crippen molar-refractivity contribution >= 4 is 23.5 Å². The summed E-state index contributed by atoms with van der Waals surface area (Å²) in [5, 5.41) is 13.3. The van der Waals surface area contributed by atoms with Crippen LogP contribution in [0.5, 0.6) is 0 Å². The third kappa shape index (κ3) is 3.12. The smallest absolute Gasteiger partial charge is 0.417 e. The van der Waals surface area contributed by atoms with Gasteiger partial charge in [-0.25, -0.2) is 4.79 Å². The number of carbonyl (C=O) groups is 2. The molecule has 0 aliphatic heterocycles. The molecule has 9 heteroatoms. The van der Waals surface area contributed by atoms with Crippen LogP contribution >= 0.6 is 11.6 Å². The maximum Gasteiger partial charge on any atom is 0.417 e. The predicted octanol–water partition coefficient (Wildman–Crippen LogP) is 5.97. The minimum absolute atomic E-state index is 0.0373. The monoisotopic (exact) mass is 460 g/mol. The molecule has 5 nitrogen and oxygen atoms in total. The number of nitrogens with zero attached hydrogens (tertiary/aromatic N) is 2. The number of alkyl halides is 3. The molecule has 164 valence electrons. The zero-order valence-corrected chi connectivity index (χ0v) is 17.2. The molecule has 0 saturated heterocycles. The molecular weight excluding hydrogens is 445 g/mol. The fraction of sp³-hybridized carbons (Fsp3) is 0.261. The molecule has 2 unspecified atom stereocenters. The number of benzene rings is 2. The first-order valence-electron chi connectivity index (χ1n) is 10.0. The largest absolute Gasteiger partial charge is 0.478 e. The lowest BCUT2D eigenvalue weighted by Crippen LogP contribution is -2.22. The Labute approximate surface area is 185 Å². The minimum Gasteiger partial charge on any atom is -0.478 e. The van der Waals surface area contributed by atoms with Gasteiger partial charge in [-0.1, -0.05) is 29.8 Å². The van der Waals surface area contributed by atoms with E-state index >= 15 is 0 Å². The summed E-state index contributed by atoms with van der Waals surface area (Å²) in [6.07, 6.45) is -2.18. The molecule has 0 amide bonds. The topological polar surface area (TPSA) is 72.2 Å². The zero-order valence-electron chi connectivity index (χ0n) is 16.5. The van der Waals surface area contributed by atoms with E-state index in [1.165, 1.54) is 18.2 Å². The number of hydrogen-bond acceptors (Lipinski definition) is 3. The number of aromatic carboxylic acids is 1. The number of carboxylic acid groups (broad SMARTS) is 1. The average molecular weight is 461 g/mol. The van der Waals surface area contributed by atoms with Gasteiger partial charge < -0.3 is 5.11 Å². The van der Waals surface area contributed by atoms with Crippen molar-refractivity contribution < 1.29 is 27.9 Å². The average Bonchev–Trinajstić information content (AvgIpc) is 3.45. The van der Waals surface area contributed by atoms with Crippen molar-refractivity contribution in [1.82, 2.24) is 9.78 Å². The summed E-state index contributed by atoms with van der Waals surface area (Å²) in [6, 6.07) is 9.33. The highest BCUT2D eigenvalue weighted by molar-refractivity contribution is 6.34. The molecule has 2 atom stereocenters. The van der Waals surface area contributed by atoms with Gasteiger partial charge in [0.1, 0.15) is 0 Å². The second-order valence-electron chi connectivity index (χ2n) is 8.11. The molecule has 2 bridgehead atoms. The van der Waals surface area contributed by atoms with Gasteiger partial charge in [0.05, 0.1) is 33.1 Å². The Kier molecular flexibility index (Phi) is 4.67. The Morgan fingerprint density at radius 3 is 2.41 bits per heavy atom. The van der Waals surface area contributed by atoms with Crippen LogP contribution in [0.2, 0.25) is 5.02 Å². The van der Waals surface area contributed by atoms with Gasteiger partial charge in [-0.05, 0) is 49.4 Å². The maximum absolute atomic E-state index is 13.6. The van der Waals surface area contributed by atoms with Crippen LogP contribution in [0.25, 0.3) is 11.3 Å². The lowest BCUT2D eigenvalue weighted by atomic mass is 9.93. The van der Waals surface area contributed by atoms with Gasteiger partial charge in [-0.2, -0.15) is 23.0 Å². The van der Waals surface area contributed by atoms with Gasteiger partial charge in [0, 0.05) is 17.0 Å². The molecule has 1 saturated carbocycles. The summed E-state index contributed by atoms with van der Waals surface area (Å²) >= 11 is 6.06. The van der Waals surface area contributed by atoms with Gasteiger partial charge in [-0.15, -0.1) is 0 Å². The number of hydrogen-bond donors (Lipinski definition) is 1. The zero-order chi connectivity index (χ0) is 22.8. The van der Waals surface area contributed by atoms with Crippen LogP contribution in [0, 0.1) is 0 Å². The maximum atomic E-state index is 13.6. The van der Waals surface area contributed by atoms with Gasteiger partial charge in [0.2, 0.25) is 0 Å². The van der Waals surface area contributed by atoms with Crippen LogP contribution in [-0.2, 0) is 6.18 Å². The van der Waals surface area contributed by atoms with Crippen LogP contribution in [0.1, 0.15) is 68.6 Å². The predicted molar refractivity (Wildman–Crippen MR) is 110 cm³/mol. The van der Waals surface area contributed by atoms with Crippen molar-refractivity contribution in [1.29, 1.82) is 0 Å². The number of carbonyl (C=O) groups excluding carboxylic acids is 1. The van der Waals surface area contributed by atoms with E-state index in [9.17, 15) is 22.8 Å². The second-order valence-corrected chi connectivity index (χ2v) is 8.52. The van der Waals surface area contributed by atoms with E-state index in [1.54, 1.807) is 12.1 Å². The normalized spacial score (nSPS) is 19.2. The van der Waals surface area contributed by atoms with E-state index in [1.807, 2.05) is 0 Å². The molecule has 2 aliphatic carbocycles. The SMILES string of the molecule is O=C(O)c1ccc(-c2nn(C(=O)c3c(Cl)cccc3C(F)(F)F)c3c2C2CCC3C2)cc1. The first-order chi connectivity index (χ1) is 15.2. The molecule has 1 fully saturated rings. The molecule has 5 rings (SSSR count). The van der Waals surface area contributed by atoms with Gasteiger partial charge >= 0.3 is 12.1 Å². The fourth-order valence-electron chi connectivity index (χ4n) is 4.95. The van der Waals surface area contributed by atoms with Crippen molar-refractivity contribution in [2.45, 2.75) is 37.3 Å². The van der Waals surface area contributed by atoms with Crippen molar-refractivity contribution in [2.24, 2.45) is 0 Å². The molecule has 2 aromatic carbocycles. The summed E-state index contributed by atoms with van der Waals surface area (Å²) in [4.78, 5) is 24.6. The molecule has 1 heterocycles. The van der Waals surface area contributed by atoms with Crippen LogP contribution in [0.3, 0.4) is 0 Å². The quantitative estimate of drug-likeness (QED) is 0.522. The number of carboxylic acids is 1. The molecule has 32 heavy (non-hydrogen) atoms. The van der Waals surface area contributed by atoms with E-state index < -0.39 is 29.2 Å². The van der Waals surface area contributed by atoms with Gasteiger partial charge in [0.25, 0.3) is 5.91 Å². The van der Waals surface area contributed by atoms with Crippen LogP contribution in [0.15, 0.2) is 42.5 Å². The fourth-order valence-corrected chi connectivity index (χ4v) is 5.21. The van der Waals surface area contributed by atoms with Gasteiger partial charge in [-0.3, -0.25) is 4.79 Å². The van der Waals surface area contributed by atoms with E-state index in [-0.39, 0.29) is 22.4 Å². The van der Waals surface area contributed by atoms with Crippen molar-refractivity contribution in [3.05, 3.63) is 75.4 Å². The van der Waals surface area contributed by atoms with Gasteiger partial charge in [0.15, 0.2) is 0 Å². The molecule has 1 N–H and O–H groups in total. The molecule has 0 spiro atoms. The van der Waals surface area contributed by atoms with E-state index in [4.69, 9.17) is 16.7 Å². The Balaban J connectivity index is 1.68. The third-order valence-electron chi connectivity index (χ3n) is 6.32. The van der Waals surface area contributed by atoms with E-state index in [2.05, 4.69) is 5.10 Å². The highest BCUT2D eigenvalue weighted by Crippen LogP contribution is 2.56. The van der Waals surface area contributed by atoms with Crippen LogP contribution in [-0.4, -0.2) is 26.8 Å². The second kappa shape index (κ2) is 7.20. The Morgan fingerprint density at radius 1 is 1.06 bits per heavy atom. The summed E-state index contributed by atoms with van der Waals surface area (Å²) in [7, 11) is 0. The van der Waals surface area contributed by atoms with Crippen LogP contribution < -0.4 is 0 Å². The van der Waals surface area contributed by atoms with Crippen molar-refractivity contribution in [3.8, 4) is 11.3 Å². The minimum atomic E-state index is -4.75. The Morgan fingerprint density at radius 2 is 1.75 bits per heavy atom. The lowest BCUT2D eigenvalue weighted by molar-refractivity contribution is -0.137. The molecule has 2 aliphatic rings. The highest BCUT2D eigenvalue weighted by Gasteiger charge is 2.45. The molecule has 3 aromatic rings. The molecular formula is C23H16ClF3N2O3. The summed E-state index contributed by atoms with van der Waals surface area (Å²) in [5.41, 5.74) is 0.985. The van der Waals surface area contributed by atoms with E-state index in [0.717, 1.165) is 41.6 Å². The first kappa shape index (κ1) is 20.8. The first-order valence-corrected chi connectivity index (χ1v) is 10.4. The summed E-state index contributed by atoms with van der Waals surface area (Å²) in [6.45, 7) is 0. The Bertz CT molecular complexity index is 1260. The Hall–Kier alpha value is -3.13.